The Morgan fingerprint density at radius 1 is 0.767 bits per heavy atom. The van der Waals surface area contributed by atoms with E-state index in [0.29, 0.717) is 36.5 Å². The molecule has 1 saturated heterocycles. The van der Waals surface area contributed by atoms with Crippen molar-refractivity contribution in [3.63, 3.8) is 0 Å². The molecule has 5 aromatic rings. The van der Waals surface area contributed by atoms with Crippen LogP contribution in [0.5, 0.6) is 11.5 Å². The first-order chi connectivity index (χ1) is 29.1. The van der Waals surface area contributed by atoms with Crippen molar-refractivity contribution in [3.8, 4) is 22.6 Å². The number of hydrogen-bond donors (Lipinski definition) is 2. The number of carboxylic acids is 1. The molecule has 2 N–H and O–H groups in total. The van der Waals surface area contributed by atoms with Crippen LogP contribution in [0.3, 0.4) is 0 Å². The summed E-state index contributed by atoms with van der Waals surface area (Å²) in [5, 5.41) is 11.9. The van der Waals surface area contributed by atoms with Crippen LogP contribution in [0.4, 0.5) is 4.79 Å². The highest BCUT2D eigenvalue weighted by Gasteiger charge is 2.58. The molecule has 1 amide bonds. The number of hydrogen-bond acceptors (Lipinski definition) is 9. The molecule has 60 heavy (non-hydrogen) atoms. The Balaban J connectivity index is 1.16. The summed E-state index contributed by atoms with van der Waals surface area (Å²) >= 11 is 0. The number of fused-ring (bicyclic) bond motifs is 3. The predicted octanol–water partition coefficient (Wildman–Crippen LogP) is 9.03. The number of benzene rings is 5. The summed E-state index contributed by atoms with van der Waals surface area (Å²) in [7, 11) is 1.60. The molecule has 5 aromatic carbocycles. The molecule has 1 unspecified atom stereocenters. The predicted molar refractivity (Wildman–Crippen MR) is 225 cm³/mol. The van der Waals surface area contributed by atoms with E-state index >= 15 is 0 Å². The molecule has 1 fully saturated rings. The van der Waals surface area contributed by atoms with Crippen molar-refractivity contribution in [2.45, 2.75) is 70.0 Å². The summed E-state index contributed by atoms with van der Waals surface area (Å²) in [6.45, 7) is 4.42. The third-order valence-electron chi connectivity index (χ3n) is 11.1. The lowest BCUT2D eigenvalue weighted by atomic mass is 9.81. The van der Waals surface area contributed by atoms with E-state index < -0.39 is 41.4 Å². The lowest BCUT2D eigenvalue weighted by Gasteiger charge is -2.49. The van der Waals surface area contributed by atoms with E-state index in [1.807, 2.05) is 92.7 Å². The molecule has 0 bridgehead atoms. The number of carbonyl (C=O) groups excluding carboxylic acids is 2. The molecular weight excluding hydrogens is 763 g/mol. The van der Waals surface area contributed by atoms with Gasteiger partial charge >= 0.3 is 18.0 Å². The number of carboxylic acid groups (broad SMARTS) is 1. The Kier molecular flexibility index (Phi) is 13.2. The van der Waals surface area contributed by atoms with Gasteiger partial charge in [0, 0.05) is 17.8 Å². The first kappa shape index (κ1) is 42.0. The second-order valence-electron chi connectivity index (χ2n) is 15.8. The van der Waals surface area contributed by atoms with Crippen LogP contribution in [0.1, 0.15) is 72.9 Å². The smallest absolute Gasteiger partial charge is 0.407 e. The number of methoxy groups -OCH3 is 1. The fraction of sp³-hybridized carbons (Fsp3) is 0.327. The molecule has 2 aliphatic rings. The fourth-order valence-corrected chi connectivity index (χ4v) is 7.88. The summed E-state index contributed by atoms with van der Waals surface area (Å²) in [5.41, 5.74) is 6.06. The highest BCUT2D eigenvalue weighted by atomic mass is 16.7. The SMILES string of the molecule is COc1ccc([C@@H]2OC(C(=O)OCc3ccc(OCCCCC(=O)O)cc3)([C@H](Cc3ccccc3)NC(=O)OCC3c4ccccc4-c4ccccc43)OCC2(C)C)cc1. The van der Waals surface area contributed by atoms with Gasteiger partial charge in [0.15, 0.2) is 0 Å². The number of carbonyl (C=O) groups is 3. The number of alkyl carbamates (subject to hydrolysis) is 1. The van der Waals surface area contributed by atoms with Crippen molar-refractivity contribution < 1.29 is 47.9 Å². The molecule has 1 aliphatic carbocycles. The van der Waals surface area contributed by atoms with Crippen molar-refractivity contribution in [1.82, 2.24) is 5.32 Å². The Hall–Kier alpha value is -6.17. The van der Waals surface area contributed by atoms with Crippen molar-refractivity contribution in [1.29, 1.82) is 0 Å². The molecule has 0 spiro atoms. The van der Waals surface area contributed by atoms with E-state index in [4.69, 9.17) is 33.5 Å². The molecule has 0 aromatic heterocycles. The van der Waals surface area contributed by atoms with Crippen molar-refractivity contribution in [2.75, 3.05) is 26.9 Å². The van der Waals surface area contributed by atoms with Gasteiger partial charge in [-0.15, -0.1) is 0 Å². The molecule has 3 atom stereocenters. The van der Waals surface area contributed by atoms with Crippen LogP contribution >= 0.6 is 0 Å². The van der Waals surface area contributed by atoms with Crippen molar-refractivity contribution in [3.05, 3.63) is 155 Å². The van der Waals surface area contributed by atoms with Crippen LogP contribution in [-0.4, -0.2) is 61.9 Å². The number of ether oxygens (including phenoxy) is 6. The van der Waals surface area contributed by atoms with Gasteiger partial charge in [-0.25, -0.2) is 9.59 Å². The Morgan fingerprint density at radius 2 is 1.40 bits per heavy atom. The number of nitrogens with one attached hydrogen (secondary N) is 1. The van der Waals surface area contributed by atoms with Crippen LogP contribution in [0, 0.1) is 5.41 Å². The number of aliphatic carboxylic acids is 1. The number of rotatable bonds is 17. The minimum Gasteiger partial charge on any atom is -0.497 e. The second kappa shape index (κ2) is 18.8. The number of amides is 1. The third-order valence-corrected chi connectivity index (χ3v) is 11.1. The van der Waals surface area contributed by atoms with Gasteiger partial charge in [-0.3, -0.25) is 4.79 Å². The Labute approximate surface area is 350 Å². The standard InChI is InChI=1S/C49H51NO10/c1-48(2)32-59-49(60-45(48)35-22-26-36(55-3)27-23-35,46(53)57-30-34-20-24-37(25-21-34)56-28-12-11-19-44(51)52)43(29-33-13-5-4-6-14-33)50-47(54)58-31-42-40-17-9-7-15-38(40)39-16-8-10-18-41(39)42/h4-10,13-18,20-27,42-43,45H,11-12,19,28-32H2,1-3H3,(H,50,54)(H,51,52)/t43-,45-,49?/m0/s1. The van der Waals surface area contributed by atoms with E-state index in [-0.39, 0.29) is 38.6 Å². The summed E-state index contributed by atoms with van der Waals surface area (Å²) < 4.78 is 36.8. The Bertz CT molecular complexity index is 2200. The highest BCUT2D eigenvalue weighted by molar-refractivity contribution is 5.81. The first-order valence-corrected chi connectivity index (χ1v) is 20.3. The first-order valence-electron chi connectivity index (χ1n) is 20.3. The summed E-state index contributed by atoms with van der Waals surface area (Å²) in [6, 6.07) is 39.2. The quantitative estimate of drug-likeness (QED) is 0.0691. The maximum absolute atomic E-state index is 14.8. The van der Waals surface area contributed by atoms with Crippen molar-refractivity contribution >= 4 is 18.0 Å². The summed E-state index contributed by atoms with van der Waals surface area (Å²) in [5.74, 6) is -2.65. The van der Waals surface area contributed by atoms with E-state index in [1.165, 1.54) is 0 Å². The van der Waals surface area contributed by atoms with E-state index in [2.05, 4.69) is 29.6 Å². The minimum absolute atomic E-state index is 0.0701. The molecule has 7 rings (SSSR count). The monoisotopic (exact) mass is 813 g/mol. The second-order valence-corrected chi connectivity index (χ2v) is 15.8. The van der Waals surface area contributed by atoms with Crippen LogP contribution in [0.15, 0.2) is 127 Å². The lowest BCUT2D eigenvalue weighted by Crippen LogP contribution is -2.66. The average molecular weight is 814 g/mol. The van der Waals surface area contributed by atoms with Crippen LogP contribution < -0.4 is 14.8 Å². The molecule has 0 radical (unpaired) electrons. The summed E-state index contributed by atoms with van der Waals surface area (Å²) in [6.07, 6.45) is -0.0348. The maximum Gasteiger partial charge on any atom is 0.407 e. The van der Waals surface area contributed by atoms with Gasteiger partial charge in [0.2, 0.25) is 0 Å². The maximum atomic E-state index is 14.8. The van der Waals surface area contributed by atoms with Gasteiger partial charge in [-0.05, 0) is 82.5 Å². The normalized spacial score (nSPS) is 18.4. The molecule has 11 heteroatoms. The van der Waals surface area contributed by atoms with Crippen LogP contribution in [-0.2, 0) is 41.6 Å². The molecular formula is C49H51NO10. The molecule has 312 valence electrons. The molecule has 11 nitrogen and oxygen atoms in total. The lowest BCUT2D eigenvalue weighted by molar-refractivity contribution is -0.333. The van der Waals surface area contributed by atoms with Crippen LogP contribution in [0.2, 0.25) is 0 Å². The van der Waals surface area contributed by atoms with Gasteiger partial charge in [0.1, 0.15) is 30.8 Å². The van der Waals surface area contributed by atoms with Gasteiger partial charge in [-0.2, -0.15) is 0 Å². The topological polar surface area (TPSA) is 139 Å². The van der Waals surface area contributed by atoms with E-state index in [9.17, 15) is 14.4 Å². The highest BCUT2D eigenvalue weighted by Crippen LogP contribution is 2.48. The van der Waals surface area contributed by atoms with Gasteiger partial charge in [-0.1, -0.05) is 117 Å². The largest absolute Gasteiger partial charge is 0.497 e. The zero-order valence-corrected chi connectivity index (χ0v) is 34.1. The number of unbranched alkanes of at least 4 members (excludes halogenated alkanes) is 1. The van der Waals surface area contributed by atoms with Gasteiger partial charge in [0.25, 0.3) is 5.79 Å². The number of esters is 1. The average Bonchev–Trinajstić information content (AvgIpc) is 3.58. The van der Waals surface area contributed by atoms with Crippen LogP contribution in [0.25, 0.3) is 11.1 Å². The zero-order chi connectivity index (χ0) is 42.1. The molecule has 1 heterocycles. The molecule has 0 saturated carbocycles. The summed E-state index contributed by atoms with van der Waals surface area (Å²) in [4.78, 5) is 39.7. The zero-order valence-electron chi connectivity index (χ0n) is 34.1. The third kappa shape index (κ3) is 9.65. The van der Waals surface area contributed by atoms with Gasteiger partial charge in [0.05, 0.1) is 26.4 Å². The Morgan fingerprint density at radius 3 is 2.05 bits per heavy atom. The molecule has 1 aliphatic heterocycles. The minimum atomic E-state index is -2.11. The van der Waals surface area contributed by atoms with E-state index in [0.717, 1.165) is 33.4 Å². The van der Waals surface area contributed by atoms with Crippen molar-refractivity contribution in [2.24, 2.45) is 5.41 Å². The van der Waals surface area contributed by atoms with Gasteiger partial charge < -0.3 is 38.8 Å². The van der Waals surface area contributed by atoms with E-state index in [1.54, 1.807) is 31.4 Å². The fourth-order valence-electron chi connectivity index (χ4n) is 7.88.